The van der Waals surface area contributed by atoms with Crippen molar-refractivity contribution < 1.29 is 17.9 Å². The van der Waals surface area contributed by atoms with Crippen molar-refractivity contribution in [2.24, 2.45) is 0 Å². The van der Waals surface area contributed by atoms with Crippen LogP contribution in [0.25, 0.3) is 17.0 Å². The first-order valence-electron chi connectivity index (χ1n) is 8.03. The minimum atomic E-state index is -4.53. The van der Waals surface area contributed by atoms with Gasteiger partial charge in [-0.05, 0) is 19.1 Å². The third kappa shape index (κ3) is 3.07. The van der Waals surface area contributed by atoms with Crippen molar-refractivity contribution in [3.05, 3.63) is 36.4 Å². The van der Waals surface area contributed by atoms with Crippen molar-refractivity contribution in [2.75, 3.05) is 24.6 Å². The Balaban J connectivity index is 1.74. The maximum atomic E-state index is 13.0. The highest BCUT2D eigenvalue weighted by molar-refractivity contribution is 5.62. The number of ether oxygens (including phenoxy) is 1. The molecule has 4 rings (SSSR count). The average Bonchev–Trinajstić information content (AvgIpc) is 3.04. The fraction of sp³-hybridized carbons (Fsp3) is 0.375. The minimum Gasteiger partial charge on any atom is -0.375 e. The number of rotatable bonds is 2. The predicted octanol–water partition coefficient (Wildman–Crippen LogP) is 2.43. The van der Waals surface area contributed by atoms with Gasteiger partial charge in [-0.2, -0.15) is 18.3 Å². The standard InChI is InChI=1S/C16H15F3N6O/c1-10-8-24(4-5-26-10)15-6-11(21-9-22-15)12-7-20-14-3-2-13(16(17,18)19)23-25(12)14/h2-3,6-7,9-10H,4-5,8H2,1H3. The van der Waals surface area contributed by atoms with Crippen LogP contribution in [-0.4, -0.2) is 50.4 Å². The highest BCUT2D eigenvalue weighted by Gasteiger charge is 2.33. The molecule has 0 saturated carbocycles. The van der Waals surface area contributed by atoms with Crippen LogP contribution in [0.5, 0.6) is 0 Å². The molecule has 0 aromatic carbocycles. The highest BCUT2D eigenvalue weighted by Crippen LogP contribution is 2.29. The smallest absolute Gasteiger partial charge is 0.375 e. The molecular weight excluding hydrogens is 349 g/mol. The number of morpholine rings is 1. The molecule has 0 radical (unpaired) electrons. The van der Waals surface area contributed by atoms with Gasteiger partial charge in [-0.1, -0.05) is 0 Å². The molecule has 1 atom stereocenters. The summed E-state index contributed by atoms with van der Waals surface area (Å²) in [7, 11) is 0. The Kier molecular flexibility index (Phi) is 3.98. The van der Waals surface area contributed by atoms with E-state index in [1.54, 1.807) is 6.07 Å². The van der Waals surface area contributed by atoms with E-state index in [9.17, 15) is 13.2 Å². The Hall–Kier alpha value is -2.75. The largest absolute Gasteiger partial charge is 0.435 e. The van der Waals surface area contributed by atoms with E-state index in [0.717, 1.165) is 10.6 Å². The molecule has 1 fully saturated rings. The van der Waals surface area contributed by atoms with Gasteiger partial charge < -0.3 is 9.64 Å². The quantitative estimate of drug-likeness (QED) is 0.696. The molecule has 10 heteroatoms. The molecule has 1 saturated heterocycles. The van der Waals surface area contributed by atoms with Gasteiger partial charge in [-0.3, -0.25) is 0 Å². The normalized spacial score (nSPS) is 18.5. The van der Waals surface area contributed by atoms with E-state index in [-0.39, 0.29) is 6.10 Å². The molecule has 3 aromatic rings. The molecule has 1 aliphatic heterocycles. The SMILES string of the molecule is CC1CN(c2cc(-c3cnc4ccc(C(F)(F)F)nn34)ncn2)CCO1. The second-order valence-corrected chi connectivity index (χ2v) is 6.02. The van der Waals surface area contributed by atoms with Crippen LogP contribution in [0.3, 0.4) is 0 Å². The van der Waals surface area contributed by atoms with Crippen molar-refractivity contribution in [1.29, 1.82) is 0 Å². The van der Waals surface area contributed by atoms with Crippen LogP contribution >= 0.6 is 0 Å². The van der Waals surface area contributed by atoms with Gasteiger partial charge in [0.05, 0.1) is 24.6 Å². The summed E-state index contributed by atoms with van der Waals surface area (Å²) in [6, 6.07) is 3.92. The zero-order chi connectivity index (χ0) is 18.3. The van der Waals surface area contributed by atoms with Crippen LogP contribution in [0.1, 0.15) is 12.6 Å². The zero-order valence-electron chi connectivity index (χ0n) is 13.8. The van der Waals surface area contributed by atoms with E-state index < -0.39 is 11.9 Å². The van der Waals surface area contributed by atoms with E-state index in [1.807, 2.05) is 6.92 Å². The predicted molar refractivity (Wildman–Crippen MR) is 86.6 cm³/mol. The first-order valence-corrected chi connectivity index (χ1v) is 8.03. The third-order valence-electron chi connectivity index (χ3n) is 4.13. The Morgan fingerprint density at radius 2 is 2.04 bits per heavy atom. The van der Waals surface area contributed by atoms with Gasteiger partial charge in [0.2, 0.25) is 0 Å². The number of hydrogen-bond donors (Lipinski definition) is 0. The van der Waals surface area contributed by atoms with Crippen molar-refractivity contribution >= 4 is 11.5 Å². The number of imidazole rings is 1. The van der Waals surface area contributed by atoms with Crippen molar-refractivity contribution in [2.45, 2.75) is 19.2 Å². The van der Waals surface area contributed by atoms with E-state index in [1.165, 1.54) is 18.6 Å². The molecule has 0 amide bonds. The Bertz CT molecular complexity index is 941. The number of anilines is 1. The second-order valence-electron chi connectivity index (χ2n) is 6.02. The lowest BCUT2D eigenvalue weighted by Gasteiger charge is -2.32. The Morgan fingerprint density at radius 1 is 1.19 bits per heavy atom. The molecule has 26 heavy (non-hydrogen) atoms. The monoisotopic (exact) mass is 364 g/mol. The Labute approximate surface area is 146 Å². The van der Waals surface area contributed by atoms with Crippen LogP contribution in [0.15, 0.2) is 30.7 Å². The lowest BCUT2D eigenvalue weighted by atomic mass is 10.2. The zero-order valence-corrected chi connectivity index (χ0v) is 13.8. The summed E-state index contributed by atoms with van der Waals surface area (Å²) in [6.07, 6.45) is -1.61. The van der Waals surface area contributed by atoms with Gasteiger partial charge in [0.25, 0.3) is 0 Å². The first kappa shape index (κ1) is 16.7. The lowest BCUT2D eigenvalue weighted by Crippen LogP contribution is -2.41. The number of halogens is 3. The fourth-order valence-electron chi connectivity index (χ4n) is 2.89. The summed E-state index contributed by atoms with van der Waals surface area (Å²) in [5.41, 5.74) is 0.151. The van der Waals surface area contributed by atoms with Crippen LogP contribution in [0.4, 0.5) is 19.0 Å². The topological polar surface area (TPSA) is 68.4 Å². The lowest BCUT2D eigenvalue weighted by molar-refractivity contribution is -0.141. The van der Waals surface area contributed by atoms with E-state index in [0.29, 0.717) is 42.5 Å². The number of aromatic nitrogens is 5. The van der Waals surface area contributed by atoms with E-state index in [4.69, 9.17) is 4.74 Å². The first-order chi connectivity index (χ1) is 12.4. The molecule has 7 nitrogen and oxygen atoms in total. The van der Waals surface area contributed by atoms with Gasteiger partial charge >= 0.3 is 6.18 Å². The molecule has 136 valence electrons. The average molecular weight is 364 g/mol. The number of fused-ring (bicyclic) bond motifs is 1. The molecule has 0 spiro atoms. The number of hydrogen-bond acceptors (Lipinski definition) is 6. The summed E-state index contributed by atoms with van der Waals surface area (Å²) in [6.45, 7) is 3.93. The molecule has 0 N–H and O–H groups in total. The van der Waals surface area contributed by atoms with E-state index in [2.05, 4.69) is 25.0 Å². The van der Waals surface area contributed by atoms with Crippen molar-refractivity contribution in [3.8, 4) is 11.4 Å². The van der Waals surface area contributed by atoms with Crippen LogP contribution < -0.4 is 4.90 Å². The third-order valence-corrected chi connectivity index (χ3v) is 4.13. The van der Waals surface area contributed by atoms with Gasteiger partial charge in [-0.25, -0.2) is 19.5 Å². The maximum Gasteiger partial charge on any atom is 0.435 e. The number of alkyl halides is 3. The summed E-state index contributed by atoms with van der Waals surface area (Å²) < 4.78 is 45.5. The van der Waals surface area contributed by atoms with Crippen molar-refractivity contribution in [1.82, 2.24) is 24.6 Å². The molecule has 4 heterocycles. The van der Waals surface area contributed by atoms with Crippen LogP contribution in [-0.2, 0) is 10.9 Å². The van der Waals surface area contributed by atoms with E-state index >= 15 is 0 Å². The maximum absolute atomic E-state index is 13.0. The Morgan fingerprint density at radius 3 is 2.81 bits per heavy atom. The van der Waals surface area contributed by atoms with Gasteiger partial charge in [0.15, 0.2) is 11.3 Å². The summed E-state index contributed by atoms with van der Waals surface area (Å²) in [5.74, 6) is 0.687. The summed E-state index contributed by atoms with van der Waals surface area (Å²) in [4.78, 5) is 14.6. The molecule has 0 bridgehead atoms. The van der Waals surface area contributed by atoms with Crippen LogP contribution in [0, 0.1) is 0 Å². The summed E-state index contributed by atoms with van der Waals surface area (Å²) >= 11 is 0. The number of nitrogens with zero attached hydrogens (tertiary/aromatic N) is 6. The van der Waals surface area contributed by atoms with Crippen molar-refractivity contribution in [3.63, 3.8) is 0 Å². The molecule has 1 aliphatic rings. The van der Waals surface area contributed by atoms with Gasteiger partial charge in [0, 0.05) is 19.2 Å². The molecule has 0 aliphatic carbocycles. The fourth-order valence-corrected chi connectivity index (χ4v) is 2.89. The van der Waals surface area contributed by atoms with Crippen LogP contribution in [0.2, 0.25) is 0 Å². The van der Waals surface area contributed by atoms with Gasteiger partial charge in [-0.15, -0.1) is 0 Å². The molecule has 3 aromatic heterocycles. The minimum absolute atomic E-state index is 0.0778. The molecule has 1 unspecified atom stereocenters. The highest BCUT2D eigenvalue weighted by atomic mass is 19.4. The second kappa shape index (κ2) is 6.20. The van der Waals surface area contributed by atoms with Gasteiger partial charge in [0.1, 0.15) is 17.8 Å². The molecular formula is C16H15F3N6O. The summed E-state index contributed by atoms with van der Waals surface area (Å²) in [5, 5.41) is 3.67.